The molecule has 2 N–H and O–H groups in total. The molecule has 9 nitrogen and oxygen atoms in total. The number of aromatic nitrogens is 4. The lowest BCUT2D eigenvalue weighted by molar-refractivity contribution is 0.0917. The fourth-order valence-electron chi connectivity index (χ4n) is 2.72. The third kappa shape index (κ3) is 4.69. The van der Waals surface area contributed by atoms with Crippen LogP contribution in [0.5, 0.6) is 5.88 Å². The molecule has 0 aliphatic rings. The molecule has 0 aromatic carbocycles. The van der Waals surface area contributed by atoms with Crippen molar-refractivity contribution in [1.29, 1.82) is 0 Å². The fraction of sp³-hybridized carbons (Fsp3) is 0.300. The Bertz CT molecular complexity index is 1030. The number of carbonyl (C=O) groups excluding carboxylic acids is 1. The maximum absolute atomic E-state index is 12.4. The zero-order chi connectivity index (χ0) is 20.8. The van der Waals surface area contributed by atoms with Crippen molar-refractivity contribution in [2.75, 3.05) is 20.8 Å². The molecule has 1 unspecified atom stereocenters. The zero-order valence-electron chi connectivity index (χ0n) is 16.5. The summed E-state index contributed by atoms with van der Waals surface area (Å²) in [7, 11) is 3.15. The number of amides is 1. The molecule has 0 aliphatic carbocycles. The Balaban J connectivity index is 1.76. The second-order valence-corrected chi connectivity index (χ2v) is 6.40. The van der Waals surface area contributed by atoms with Crippen LogP contribution in [0.25, 0.3) is 17.1 Å². The molecule has 9 heteroatoms. The summed E-state index contributed by atoms with van der Waals surface area (Å²) in [6, 6.07) is 8.22. The molecule has 1 amide bonds. The van der Waals surface area contributed by atoms with E-state index in [1.54, 1.807) is 37.6 Å². The molecular formula is C20H23N5O4. The number of hydrogen-bond donors (Lipinski definition) is 2. The number of ether oxygens (including phenoxy) is 2. The zero-order valence-corrected chi connectivity index (χ0v) is 16.5. The van der Waals surface area contributed by atoms with E-state index < -0.39 is 0 Å². The van der Waals surface area contributed by atoms with E-state index in [-0.39, 0.29) is 17.6 Å². The van der Waals surface area contributed by atoms with Gasteiger partial charge in [0.1, 0.15) is 0 Å². The maximum atomic E-state index is 12.4. The highest BCUT2D eigenvalue weighted by molar-refractivity contribution is 5.93. The van der Waals surface area contributed by atoms with Crippen molar-refractivity contribution in [2.45, 2.75) is 19.4 Å². The van der Waals surface area contributed by atoms with Crippen molar-refractivity contribution in [3.05, 3.63) is 58.6 Å². The Kier molecular flexibility index (Phi) is 6.40. The number of pyridine rings is 2. The third-order valence-electron chi connectivity index (χ3n) is 4.45. The quantitative estimate of drug-likeness (QED) is 0.599. The van der Waals surface area contributed by atoms with E-state index in [9.17, 15) is 9.59 Å². The predicted octanol–water partition coefficient (Wildman–Crippen LogP) is 1.79. The van der Waals surface area contributed by atoms with Crippen LogP contribution in [-0.2, 0) is 4.74 Å². The number of carbonyl (C=O) groups is 1. The Morgan fingerprint density at radius 3 is 2.79 bits per heavy atom. The fourth-order valence-corrected chi connectivity index (χ4v) is 2.72. The van der Waals surface area contributed by atoms with Crippen LogP contribution in [0.2, 0.25) is 0 Å². The number of rotatable bonds is 8. The second-order valence-electron chi connectivity index (χ2n) is 6.40. The van der Waals surface area contributed by atoms with Gasteiger partial charge in [0, 0.05) is 32.1 Å². The second kappa shape index (κ2) is 9.16. The van der Waals surface area contributed by atoms with Crippen LogP contribution >= 0.6 is 0 Å². The van der Waals surface area contributed by atoms with E-state index in [1.165, 1.54) is 24.1 Å². The van der Waals surface area contributed by atoms with E-state index in [0.29, 0.717) is 41.5 Å². The van der Waals surface area contributed by atoms with Gasteiger partial charge in [-0.3, -0.25) is 14.7 Å². The highest BCUT2D eigenvalue weighted by Crippen LogP contribution is 2.25. The van der Waals surface area contributed by atoms with Crippen LogP contribution in [0.1, 0.15) is 23.7 Å². The molecule has 152 valence electrons. The molecule has 0 bridgehead atoms. The molecule has 0 fully saturated rings. The van der Waals surface area contributed by atoms with Crippen molar-refractivity contribution >= 4 is 5.91 Å². The summed E-state index contributed by atoms with van der Waals surface area (Å²) in [5.74, 6) is 0.546. The molecule has 1 atom stereocenters. The lowest BCUT2D eigenvalue weighted by atomic mass is 10.2. The minimum atomic E-state index is -0.288. The number of nitrogens with zero attached hydrogens (tertiary/aromatic N) is 3. The summed E-state index contributed by atoms with van der Waals surface area (Å²) >= 11 is 0. The van der Waals surface area contributed by atoms with Crippen molar-refractivity contribution in [3.8, 4) is 23.0 Å². The van der Waals surface area contributed by atoms with Gasteiger partial charge < -0.3 is 14.8 Å². The summed E-state index contributed by atoms with van der Waals surface area (Å²) in [6.45, 7) is 2.44. The third-order valence-corrected chi connectivity index (χ3v) is 4.45. The van der Waals surface area contributed by atoms with Crippen LogP contribution < -0.4 is 15.6 Å². The molecule has 3 aromatic heterocycles. The molecule has 0 radical (unpaired) electrons. The lowest BCUT2D eigenvalue weighted by Crippen LogP contribution is -2.27. The van der Waals surface area contributed by atoms with Gasteiger partial charge in [0.15, 0.2) is 5.82 Å². The molecule has 0 saturated carbocycles. The summed E-state index contributed by atoms with van der Waals surface area (Å²) in [4.78, 5) is 33.0. The predicted molar refractivity (Wildman–Crippen MR) is 107 cm³/mol. The van der Waals surface area contributed by atoms with E-state index in [1.807, 2.05) is 6.92 Å². The normalized spacial score (nSPS) is 11.8. The summed E-state index contributed by atoms with van der Waals surface area (Å²) in [6.07, 6.45) is 3.83. The minimum absolute atomic E-state index is 0.0724. The van der Waals surface area contributed by atoms with Gasteiger partial charge in [0.05, 0.1) is 30.0 Å². The Hall–Kier alpha value is -3.46. The first-order valence-electron chi connectivity index (χ1n) is 9.12. The molecule has 3 aromatic rings. The number of aromatic amines is 1. The highest BCUT2D eigenvalue weighted by Gasteiger charge is 2.13. The molecule has 0 saturated heterocycles. The average Bonchev–Trinajstić information content (AvgIpc) is 3.14. The minimum Gasteiger partial charge on any atom is -0.481 e. The van der Waals surface area contributed by atoms with Crippen LogP contribution in [0.15, 0.2) is 47.5 Å². The van der Waals surface area contributed by atoms with Crippen molar-refractivity contribution < 1.29 is 14.3 Å². The molecular weight excluding hydrogens is 374 g/mol. The van der Waals surface area contributed by atoms with Gasteiger partial charge in [-0.05, 0) is 37.6 Å². The maximum Gasteiger partial charge on any atom is 0.273 e. The number of hydrogen-bond acceptors (Lipinski definition) is 6. The van der Waals surface area contributed by atoms with Crippen molar-refractivity contribution in [3.63, 3.8) is 0 Å². The van der Waals surface area contributed by atoms with Gasteiger partial charge in [-0.15, -0.1) is 0 Å². The van der Waals surface area contributed by atoms with Gasteiger partial charge in [-0.25, -0.2) is 14.6 Å². The van der Waals surface area contributed by atoms with E-state index >= 15 is 0 Å². The molecule has 29 heavy (non-hydrogen) atoms. The number of methoxy groups -OCH3 is 2. The monoisotopic (exact) mass is 397 g/mol. The van der Waals surface area contributed by atoms with Gasteiger partial charge in [-0.1, -0.05) is 0 Å². The van der Waals surface area contributed by atoms with Gasteiger partial charge in [0.2, 0.25) is 5.88 Å². The van der Waals surface area contributed by atoms with Gasteiger partial charge in [-0.2, -0.15) is 0 Å². The standard InChI is InChI=1S/C20H23N5O4/c1-13(28-2)8-10-21-19(27)14-6-7-17(23-12-14)25-18(26)11-16(24-25)15-5-4-9-22-20(15)29-3/h4-7,9,11-13,24H,8,10H2,1-3H3,(H,21,27). The van der Waals surface area contributed by atoms with E-state index in [0.717, 1.165) is 0 Å². The van der Waals surface area contributed by atoms with E-state index in [2.05, 4.69) is 20.4 Å². The molecule has 0 spiro atoms. The largest absolute Gasteiger partial charge is 0.481 e. The summed E-state index contributed by atoms with van der Waals surface area (Å²) in [5, 5.41) is 5.81. The summed E-state index contributed by atoms with van der Waals surface area (Å²) < 4.78 is 11.7. The van der Waals surface area contributed by atoms with Crippen molar-refractivity contribution in [2.24, 2.45) is 0 Å². The SMILES string of the molecule is COc1ncccc1-c1cc(=O)n(-c2ccc(C(=O)NCCC(C)OC)cn2)[nH]1. The van der Waals surface area contributed by atoms with Crippen LogP contribution in [0.4, 0.5) is 0 Å². The molecule has 0 aliphatic heterocycles. The van der Waals surface area contributed by atoms with Crippen LogP contribution in [0, 0.1) is 0 Å². The Labute approximate surface area is 167 Å². The first-order valence-corrected chi connectivity index (χ1v) is 9.12. The first kappa shape index (κ1) is 20.3. The Morgan fingerprint density at radius 2 is 2.10 bits per heavy atom. The number of nitrogens with one attached hydrogen (secondary N) is 2. The summed E-state index contributed by atoms with van der Waals surface area (Å²) in [5.41, 5.74) is 1.33. The first-order chi connectivity index (χ1) is 14.0. The molecule has 3 rings (SSSR count). The topological polar surface area (TPSA) is 111 Å². The number of H-pyrrole nitrogens is 1. The van der Waals surface area contributed by atoms with E-state index in [4.69, 9.17) is 9.47 Å². The van der Waals surface area contributed by atoms with Gasteiger partial charge >= 0.3 is 0 Å². The van der Waals surface area contributed by atoms with Gasteiger partial charge in [0.25, 0.3) is 11.5 Å². The van der Waals surface area contributed by atoms with Crippen molar-refractivity contribution in [1.82, 2.24) is 25.1 Å². The van der Waals surface area contributed by atoms with Crippen LogP contribution in [-0.4, -0.2) is 52.5 Å². The lowest BCUT2D eigenvalue weighted by Gasteiger charge is -2.10. The Morgan fingerprint density at radius 1 is 1.28 bits per heavy atom. The molecule has 3 heterocycles. The van der Waals surface area contributed by atoms with Crippen LogP contribution in [0.3, 0.4) is 0 Å². The smallest absolute Gasteiger partial charge is 0.273 e. The average molecular weight is 397 g/mol. The highest BCUT2D eigenvalue weighted by atomic mass is 16.5.